The normalized spacial score (nSPS) is 12.9. The number of benzene rings is 7. The highest BCUT2D eigenvalue weighted by atomic mass is 28.3. The summed E-state index contributed by atoms with van der Waals surface area (Å²) in [6.07, 6.45) is 0. The molecule has 49 heavy (non-hydrogen) atoms. The quantitative estimate of drug-likeness (QED) is 0.175. The standard InChI is InChI=1S/C45H33N3Si/c1-49(2)41-16-10-9-15-39(41)40-26-25-38(29-42(40)49)45-47-43(33-19-17-32(18-20-33)30-11-5-3-6-12-30)46-44(48-45)37-24-23-35-27-34(21-22-36(35)28-37)31-13-7-4-8-14-31/h3-29H,1-2H3. The van der Waals surface area contributed by atoms with Crippen molar-refractivity contribution >= 4 is 29.2 Å². The lowest BCUT2D eigenvalue weighted by atomic mass is 10.00. The number of fused-ring (bicyclic) bond motifs is 4. The van der Waals surface area contributed by atoms with Gasteiger partial charge >= 0.3 is 0 Å². The molecule has 8 aromatic rings. The van der Waals surface area contributed by atoms with Gasteiger partial charge < -0.3 is 0 Å². The van der Waals surface area contributed by atoms with Gasteiger partial charge in [0.25, 0.3) is 0 Å². The first-order valence-electron chi connectivity index (χ1n) is 16.8. The highest BCUT2D eigenvalue weighted by molar-refractivity contribution is 7.03. The summed E-state index contributed by atoms with van der Waals surface area (Å²) in [5.74, 6) is 2.02. The fourth-order valence-electron chi connectivity index (χ4n) is 7.24. The average Bonchev–Trinajstić information content (AvgIpc) is 3.40. The van der Waals surface area contributed by atoms with Crippen molar-refractivity contribution in [2.75, 3.05) is 0 Å². The van der Waals surface area contributed by atoms with Crippen LogP contribution in [-0.2, 0) is 0 Å². The van der Waals surface area contributed by atoms with Crippen molar-refractivity contribution in [3.05, 3.63) is 164 Å². The largest absolute Gasteiger partial charge is 0.208 e. The van der Waals surface area contributed by atoms with Crippen LogP contribution in [0.15, 0.2) is 164 Å². The number of rotatable bonds is 5. The van der Waals surface area contributed by atoms with E-state index in [4.69, 9.17) is 15.0 Å². The molecular weight excluding hydrogens is 611 g/mol. The minimum absolute atomic E-state index is 0.666. The SMILES string of the molecule is C[Si]1(C)c2ccccc2-c2ccc(-c3nc(-c4ccc(-c5ccccc5)cc4)nc(-c4ccc5cc(-c6ccccc6)ccc5c4)n3)cc21. The average molecular weight is 644 g/mol. The van der Waals surface area contributed by atoms with Gasteiger partial charge in [0.15, 0.2) is 17.5 Å². The Kier molecular flexibility index (Phi) is 6.92. The van der Waals surface area contributed by atoms with E-state index in [9.17, 15) is 0 Å². The van der Waals surface area contributed by atoms with E-state index in [1.54, 1.807) is 0 Å². The van der Waals surface area contributed by atoms with Gasteiger partial charge in [-0.3, -0.25) is 0 Å². The number of hydrogen-bond acceptors (Lipinski definition) is 3. The summed E-state index contributed by atoms with van der Waals surface area (Å²) in [4.78, 5) is 15.4. The summed E-state index contributed by atoms with van der Waals surface area (Å²) in [6, 6.07) is 58.3. The number of nitrogens with zero attached hydrogens (tertiary/aromatic N) is 3. The van der Waals surface area contributed by atoms with Gasteiger partial charge in [0.05, 0.1) is 0 Å². The maximum absolute atomic E-state index is 5.15. The zero-order chi connectivity index (χ0) is 33.0. The molecule has 7 aromatic carbocycles. The summed E-state index contributed by atoms with van der Waals surface area (Å²) >= 11 is 0. The van der Waals surface area contributed by atoms with E-state index in [0.29, 0.717) is 17.5 Å². The zero-order valence-corrected chi connectivity index (χ0v) is 28.4. The van der Waals surface area contributed by atoms with E-state index in [1.807, 2.05) is 6.07 Å². The number of hydrogen-bond donors (Lipinski definition) is 0. The summed E-state index contributed by atoms with van der Waals surface area (Å²) in [5.41, 5.74) is 10.4. The molecule has 0 unspecified atom stereocenters. The van der Waals surface area contributed by atoms with Crippen LogP contribution in [0.3, 0.4) is 0 Å². The van der Waals surface area contributed by atoms with Crippen LogP contribution in [0.5, 0.6) is 0 Å². The van der Waals surface area contributed by atoms with Gasteiger partial charge in [-0.2, -0.15) is 0 Å². The third kappa shape index (κ3) is 5.18. The molecule has 0 N–H and O–H groups in total. The van der Waals surface area contributed by atoms with Crippen LogP contribution in [0.1, 0.15) is 0 Å². The summed E-state index contributed by atoms with van der Waals surface area (Å²) in [5, 5.41) is 5.25. The smallest absolute Gasteiger partial charge is 0.164 e. The molecule has 2 heterocycles. The van der Waals surface area contributed by atoms with Gasteiger partial charge in [-0.05, 0) is 66.7 Å². The van der Waals surface area contributed by atoms with Crippen LogP contribution in [0.25, 0.3) is 78.3 Å². The van der Waals surface area contributed by atoms with Crippen molar-refractivity contribution in [1.82, 2.24) is 15.0 Å². The first kappa shape index (κ1) is 29.2. The van der Waals surface area contributed by atoms with E-state index in [-0.39, 0.29) is 0 Å². The zero-order valence-electron chi connectivity index (χ0n) is 27.4. The third-order valence-corrected chi connectivity index (χ3v) is 13.5. The molecule has 0 saturated carbocycles. The highest BCUT2D eigenvalue weighted by Crippen LogP contribution is 2.33. The molecule has 232 valence electrons. The molecule has 0 fully saturated rings. The fraction of sp³-hybridized carbons (Fsp3) is 0.0444. The number of aromatic nitrogens is 3. The minimum atomic E-state index is -1.87. The van der Waals surface area contributed by atoms with E-state index in [1.165, 1.54) is 43.6 Å². The first-order chi connectivity index (χ1) is 24.0. The summed E-state index contributed by atoms with van der Waals surface area (Å²) < 4.78 is 0. The van der Waals surface area contributed by atoms with Crippen LogP contribution in [0.2, 0.25) is 13.1 Å². The van der Waals surface area contributed by atoms with Gasteiger partial charge in [-0.25, -0.2) is 15.0 Å². The third-order valence-electron chi connectivity index (χ3n) is 9.93. The Morgan fingerprint density at radius 2 is 0.755 bits per heavy atom. The monoisotopic (exact) mass is 643 g/mol. The van der Waals surface area contributed by atoms with Crippen LogP contribution >= 0.6 is 0 Å². The maximum atomic E-state index is 5.15. The van der Waals surface area contributed by atoms with Gasteiger partial charge in [0, 0.05) is 16.7 Å². The second kappa shape index (κ2) is 11.6. The Morgan fingerprint density at radius 3 is 1.43 bits per heavy atom. The molecule has 3 nitrogen and oxygen atoms in total. The van der Waals surface area contributed by atoms with Crippen LogP contribution in [0, 0.1) is 0 Å². The molecule has 0 saturated heterocycles. The molecule has 0 spiro atoms. The molecule has 0 bridgehead atoms. The molecule has 0 amide bonds. The topological polar surface area (TPSA) is 38.7 Å². The molecule has 1 aliphatic rings. The predicted molar refractivity (Wildman–Crippen MR) is 207 cm³/mol. The Labute approximate surface area is 287 Å². The van der Waals surface area contributed by atoms with Crippen LogP contribution in [0.4, 0.5) is 0 Å². The molecule has 9 rings (SSSR count). The van der Waals surface area contributed by atoms with Crippen molar-refractivity contribution in [2.24, 2.45) is 0 Å². The van der Waals surface area contributed by atoms with Gasteiger partial charge in [-0.15, -0.1) is 0 Å². The Bertz CT molecular complexity index is 2510. The second-order valence-electron chi connectivity index (χ2n) is 13.3. The van der Waals surface area contributed by atoms with Crippen LogP contribution in [-0.4, -0.2) is 23.0 Å². The minimum Gasteiger partial charge on any atom is -0.208 e. The lowest BCUT2D eigenvalue weighted by Crippen LogP contribution is -2.49. The molecule has 4 heteroatoms. The van der Waals surface area contributed by atoms with E-state index in [2.05, 4.69) is 171 Å². The van der Waals surface area contributed by atoms with Crippen molar-refractivity contribution in [3.8, 4) is 67.5 Å². The summed E-state index contributed by atoms with van der Waals surface area (Å²) in [7, 11) is -1.87. The van der Waals surface area contributed by atoms with Gasteiger partial charge in [-0.1, -0.05) is 165 Å². The van der Waals surface area contributed by atoms with Crippen molar-refractivity contribution in [1.29, 1.82) is 0 Å². The fourth-order valence-corrected chi connectivity index (χ4v) is 10.3. The summed E-state index contributed by atoms with van der Waals surface area (Å²) in [6.45, 7) is 4.89. The van der Waals surface area contributed by atoms with E-state index < -0.39 is 8.07 Å². The lowest BCUT2D eigenvalue weighted by molar-refractivity contribution is 1.07. The van der Waals surface area contributed by atoms with E-state index >= 15 is 0 Å². The van der Waals surface area contributed by atoms with Crippen molar-refractivity contribution < 1.29 is 0 Å². The lowest BCUT2D eigenvalue weighted by Gasteiger charge is -2.19. The van der Waals surface area contributed by atoms with Crippen molar-refractivity contribution in [3.63, 3.8) is 0 Å². The first-order valence-corrected chi connectivity index (χ1v) is 19.8. The predicted octanol–water partition coefficient (Wildman–Crippen LogP) is 10.2. The van der Waals surface area contributed by atoms with Gasteiger partial charge in [0.2, 0.25) is 0 Å². The Morgan fingerprint density at radius 1 is 0.327 bits per heavy atom. The van der Waals surface area contributed by atoms with Gasteiger partial charge in [0.1, 0.15) is 8.07 Å². The molecule has 1 aliphatic heterocycles. The van der Waals surface area contributed by atoms with Crippen molar-refractivity contribution in [2.45, 2.75) is 13.1 Å². The Balaban J connectivity index is 1.17. The molecular formula is C45H33N3Si. The molecule has 0 atom stereocenters. The maximum Gasteiger partial charge on any atom is 0.164 e. The second-order valence-corrected chi connectivity index (χ2v) is 17.7. The van der Waals surface area contributed by atoms with Crippen LogP contribution < -0.4 is 10.4 Å². The molecule has 1 aromatic heterocycles. The van der Waals surface area contributed by atoms with E-state index in [0.717, 1.165) is 27.6 Å². The highest BCUT2D eigenvalue weighted by Gasteiger charge is 2.37. The Hall–Kier alpha value is -5.97. The molecule has 0 radical (unpaired) electrons. The molecule has 0 aliphatic carbocycles.